The van der Waals surface area contributed by atoms with Crippen LogP contribution in [0.3, 0.4) is 0 Å². The average molecular weight is 359 g/mol. The molecule has 0 amide bonds. The van der Waals surface area contributed by atoms with Crippen LogP contribution in [-0.4, -0.2) is 32.2 Å². The van der Waals surface area contributed by atoms with Crippen molar-refractivity contribution in [2.45, 2.75) is 33.6 Å². The lowest BCUT2D eigenvalue weighted by Gasteiger charge is -2.10. The van der Waals surface area contributed by atoms with Crippen LogP contribution >= 0.6 is 11.6 Å². The summed E-state index contributed by atoms with van der Waals surface area (Å²) in [5, 5.41) is 5.13. The molecule has 2 aromatic heterocycles. The summed E-state index contributed by atoms with van der Waals surface area (Å²) in [5.74, 6) is 0.570. The molecule has 0 fully saturated rings. The molecular weight excluding hydrogens is 340 g/mol. The van der Waals surface area contributed by atoms with Crippen molar-refractivity contribution < 1.29 is 9.53 Å². The predicted octanol–water partition coefficient (Wildman–Crippen LogP) is 3.09. The minimum atomic E-state index is -0.339. The minimum absolute atomic E-state index is 0.0439. The highest BCUT2D eigenvalue weighted by Gasteiger charge is 2.16. The molecule has 0 aliphatic carbocycles. The fraction of sp³-hybridized carbons (Fsp3) is 0.333. The predicted molar refractivity (Wildman–Crippen MR) is 94.9 cm³/mol. The number of fused-ring (bicyclic) bond motifs is 1. The van der Waals surface area contributed by atoms with Crippen molar-refractivity contribution >= 4 is 23.3 Å². The van der Waals surface area contributed by atoms with E-state index in [1.807, 2.05) is 38.1 Å². The molecule has 130 valence electrons. The van der Waals surface area contributed by atoms with Crippen LogP contribution in [0, 0.1) is 13.8 Å². The van der Waals surface area contributed by atoms with E-state index in [1.54, 1.807) is 11.4 Å². The summed E-state index contributed by atoms with van der Waals surface area (Å²) in [6.45, 7) is 6.05. The standard InChI is InChI=1S/C18H19ClN4O2/c1-4-25-17(24)10-16-21-18-20-11(2)15(12(3)23(18)22-16)9-13-5-7-14(19)8-6-13/h5-8H,4,9-10H2,1-3H3. The van der Waals surface area contributed by atoms with Gasteiger partial charge in [0.05, 0.1) is 6.61 Å². The van der Waals surface area contributed by atoms with Crippen LogP contribution in [0.1, 0.15) is 35.3 Å². The third kappa shape index (κ3) is 3.79. The highest BCUT2D eigenvalue weighted by atomic mass is 35.5. The van der Waals surface area contributed by atoms with Gasteiger partial charge in [0, 0.05) is 22.8 Å². The van der Waals surface area contributed by atoms with Gasteiger partial charge in [-0.25, -0.2) is 9.50 Å². The summed E-state index contributed by atoms with van der Waals surface area (Å²) in [6, 6.07) is 7.75. The maximum Gasteiger partial charge on any atom is 0.313 e. The third-order valence-corrected chi connectivity index (χ3v) is 4.25. The van der Waals surface area contributed by atoms with Crippen molar-refractivity contribution in [3.05, 3.63) is 57.6 Å². The van der Waals surface area contributed by atoms with Crippen molar-refractivity contribution in [1.29, 1.82) is 0 Å². The highest BCUT2D eigenvalue weighted by molar-refractivity contribution is 6.30. The molecular formula is C18H19ClN4O2. The molecule has 3 rings (SSSR count). The Balaban J connectivity index is 1.94. The van der Waals surface area contributed by atoms with Crippen LogP contribution in [0.2, 0.25) is 5.02 Å². The van der Waals surface area contributed by atoms with E-state index in [9.17, 15) is 4.79 Å². The van der Waals surface area contributed by atoms with E-state index in [0.717, 1.165) is 28.9 Å². The van der Waals surface area contributed by atoms with Crippen molar-refractivity contribution in [2.75, 3.05) is 6.61 Å². The molecule has 0 atom stereocenters. The van der Waals surface area contributed by atoms with Crippen LogP contribution in [0.15, 0.2) is 24.3 Å². The third-order valence-electron chi connectivity index (χ3n) is 3.99. The number of esters is 1. The Labute approximate surface area is 150 Å². The Morgan fingerprint density at radius 3 is 2.60 bits per heavy atom. The number of aromatic nitrogens is 4. The first-order valence-corrected chi connectivity index (χ1v) is 8.47. The molecule has 0 aliphatic heterocycles. The van der Waals surface area contributed by atoms with E-state index in [1.165, 1.54) is 0 Å². The Morgan fingerprint density at radius 1 is 1.20 bits per heavy atom. The average Bonchev–Trinajstić information content (AvgIpc) is 2.95. The zero-order valence-electron chi connectivity index (χ0n) is 14.4. The molecule has 6 nitrogen and oxygen atoms in total. The maximum atomic E-state index is 11.6. The van der Waals surface area contributed by atoms with Crippen LogP contribution in [0.4, 0.5) is 0 Å². The molecule has 3 aromatic rings. The van der Waals surface area contributed by atoms with Crippen LogP contribution in [0.25, 0.3) is 5.78 Å². The fourth-order valence-corrected chi connectivity index (χ4v) is 2.85. The number of ether oxygens (including phenoxy) is 1. The Kier molecular flexibility index (Phi) is 4.99. The molecule has 2 heterocycles. The van der Waals surface area contributed by atoms with Crippen LogP contribution in [0.5, 0.6) is 0 Å². The normalized spacial score (nSPS) is 11.0. The Bertz CT molecular complexity index is 919. The zero-order chi connectivity index (χ0) is 18.0. The van der Waals surface area contributed by atoms with Gasteiger partial charge in [0.25, 0.3) is 5.78 Å². The first kappa shape index (κ1) is 17.4. The molecule has 1 aromatic carbocycles. The molecule has 25 heavy (non-hydrogen) atoms. The van der Waals surface area contributed by atoms with Gasteiger partial charge in [-0.05, 0) is 44.0 Å². The summed E-state index contributed by atoms with van der Waals surface area (Å²) in [6.07, 6.45) is 0.771. The molecule has 0 spiro atoms. The minimum Gasteiger partial charge on any atom is -0.466 e. The largest absolute Gasteiger partial charge is 0.466 e. The SMILES string of the molecule is CCOC(=O)Cc1nc2nc(C)c(Cc3ccc(Cl)cc3)c(C)n2n1. The Hall–Kier alpha value is -2.47. The van der Waals surface area contributed by atoms with E-state index in [0.29, 0.717) is 23.2 Å². The quantitative estimate of drug-likeness (QED) is 0.655. The molecule has 0 radical (unpaired) electrons. The topological polar surface area (TPSA) is 69.4 Å². The number of halogens is 1. The van der Waals surface area contributed by atoms with Gasteiger partial charge < -0.3 is 4.74 Å². The number of rotatable bonds is 5. The second-order valence-electron chi connectivity index (χ2n) is 5.79. The van der Waals surface area contributed by atoms with E-state index in [-0.39, 0.29) is 12.4 Å². The van der Waals surface area contributed by atoms with Crippen molar-refractivity contribution in [3.63, 3.8) is 0 Å². The van der Waals surface area contributed by atoms with Gasteiger partial charge in [-0.2, -0.15) is 4.98 Å². The molecule has 0 N–H and O–H groups in total. The van der Waals surface area contributed by atoms with Crippen LogP contribution < -0.4 is 0 Å². The number of benzene rings is 1. The lowest BCUT2D eigenvalue weighted by molar-refractivity contribution is -0.142. The number of hydrogen-bond donors (Lipinski definition) is 0. The van der Waals surface area contributed by atoms with Gasteiger partial charge in [0.2, 0.25) is 0 Å². The van der Waals surface area contributed by atoms with Crippen molar-refractivity contribution in [3.8, 4) is 0 Å². The molecule has 0 aliphatic rings. The van der Waals surface area contributed by atoms with Gasteiger partial charge in [0.15, 0.2) is 5.82 Å². The monoisotopic (exact) mass is 358 g/mol. The van der Waals surface area contributed by atoms with Gasteiger partial charge in [0.1, 0.15) is 6.42 Å². The van der Waals surface area contributed by atoms with Gasteiger partial charge >= 0.3 is 5.97 Å². The number of carbonyl (C=O) groups excluding carboxylic acids is 1. The first-order chi connectivity index (χ1) is 12.0. The molecule has 0 bridgehead atoms. The van der Waals surface area contributed by atoms with Crippen LogP contribution in [-0.2, 0) is 22.4 Å². The van der Waals surface area contributed by atoms with Gasteiger partial charge in [-0.3, -0.25) is 4.79 Å². The van der Waals surface area contributed by atoms with Crippen molar-refractivity contribution in [1.82, 2.24) is 19.6 Å². The first-order valence-electron chi connectivity index (χ1n) is 8.09. The lowest BCUT2D eigenvalue weighted by atomic mass is 10.0. The fourth-order valence-electron chi connectivity index (χ4n) is 2.73. The molecule has 0 saturated carbocycles. The van der Waals surface area contributed by atoms with Crippen molar-refractivity contribution in [2.24, 2.45) is 0 Å². The number of nitrogens with zero attached hydrogens (tertiary/aromatic N) is 4. The number of carbonyl (C=O) groups is 1. The molecule has 0 saturated heterocycles. The molecule has 7 heteroatoms. The summed E-state index contributed by atoms with van der Waals surface area (Å²) in [5.41, 5.74) is 4.08. The molecule has 0 unspecified atom stereocenters. The zero-order valence-corrected chi connectivity index (χ0v) is 15.2. The maximum absolute atomic E-state index is 11.6. The van der Waals surface area contributed by atoms with E-state index in [4.69, 9.17) is 16.3 Å². The Morgan fingerprint density at radius 2 is 1.92 bits per heavy atom. The summed E-state index contributed by atoms with van der Waals surface area (Å²) in [7, 11) is 0. The summed E-state index contributed by atoms with van der Waals surface area (Å²) >= 11 is 5.95. The van der Waals surface area contributed by atoms with E-state index < -0.39 is 0 Å². The second-order valence-corrected chi connectivity index (χ2v) is 6.22. The number of aryl methyl sites for hydroxylation is 2. The highest BCUT2D eigenvalue weighted by Crippen LogP contribution is 2.19. The van der Waals surface area contributed by atoms with Gasteiger partial charge in [-0.15, -0.1) is 5.10 Å². The van der Waals surface area contributed by atoms with E-state index >= 15 is 0 Å². The summed E-state index contributed by atoms with van der Waals surface area (Å²) < 4.78 is 6.64. The second kappa shape index (κ2) is 7.19. The lowest BCUT2D eigenvalue weighted by Crippen LogP contribution is -2.09. The number of hydrogen-bond acceptors (Lipinski definition) is 5. The smallest absolute Gasteiger partial charge is 0.313 e. The van der Waals surface area contributed by atoms with Gasteiger partial charge in [-0.1, -0.05) is 23.7 Å². The summed E-state index contributed by atoms with van der Waals surface area (Å²) in [4.78, 5) is 20.5. The van der Waals surface area contributed by atoms with E-state index in [2.05, 4.69) is 15.1 Å².